The molecule has 0 atom stereocenters. The highest BCUT2D eigenvalue weighted by molar-refractivity contribution is 8.22. The minimum Gasteiger partial charge on any atom is -0.497 e. The molecule has 0 aliphatic carbocycles. The van der Waals surface area contributed by atoms with E-state index in [1.54, 1.807) is 14.2 Å². The van der Waals surface area contributed by atoms with Crippen molar-refractivity contribution in [2.45, 2.75) is 6.42 Å². The van der Waals surface area contributed by atoms with Crippen LogP contribution < -0.4 is 4.74 Å². The summed E-state index contributed by atoms with van der Waals surface area (Å²) in [5.74, 6) is 4.14. The van der Waals surface area contributed by atoms with Gasteiger partial charge in [0, 0.05) is 5.57 Å². The molecule has 0 unspecified atom stereocenters. The lowest BCUT2D eigenvalue weighted by molar-refractivity contribution is 0.311. The van der Waals surface area contributed by atoms with Crippen molar-refractivity contribution in [3.63, 3.8) is 0 Å². The first-order chi connectivity index (χ1) is 12.3. The summed E-state index contributed by atoms with van der Waals surface area (Å²) in [6, 6.07) is 18.5. The topological polar surface area (TPSA) is 18.5 Å². The van der Waals surface area contributed by atoms with Crippen molar-refractivity contribution in [3.8, 4) is 5.75 Å². The zero-order valence-corrected chi connectivity index (χ0v) is 16.2. The Morgan fingerprint density at radius 2 is 1.60 bits per heavy atom. The van der Waals surface area contributed by atoms with Crippen LogP contribution in [0.25, 0.3) is 11.6 Å². The van der Waals surface area contributed by atoms with Gasteiger partial charge in [0.15, 0.2) is 0 Å². The second kappa shape index (κ2) is 9.07. The first kappa shape index (κ1) is 18.0. The van der Waals surface area contributed by atoms with E-state index < -0.39 is 0 Å². The van der Waals surface area contributed by atoms with Gasteiger partial charge in [-0.15, -0.1) is 23.5 Å². The van der Waals surface area contributed by atoms with Gasteiger partial charge in [-0.25, -0.2) is 0 Å². The number of thioether (sulfide) groups is 2. The number of ether oxygens (including phenoxy) is 2. The maximum atomic E-state index is 5.87. The van der Waals surface area contributed by atoms with Crippen LogP contribution in [0.3, 0.4) is 0 Å². The highest BCUT2D eigenvalue weighted by atomic mass is 32.2. The number of rotatable bonds is 5. The molecule has 0 saturated carbocycles. The number of benzene rings is 2. The molecule has 0 amide bonds. The van der Waals surface area contributed by atoms with Crippen molar-refractivity contribution in [2.75, 3.05) is 25.7 Å². The van der Waals surface area contributed by atoms with Gasteiger partial charge in [-0.3, -0.25) is 0 Å². The Morgan fingerprint density at radius 3 is 2.20 bits per heavy atom. The standard InChI is InChI=1S/C21H22O2S2/c1-22-18-11-9-16(10-12-18)15-19(17-7-4-3-5-8-17)20(23-2)21-24-13-6-14-25-21/h3-5,7-12,15H,6,13-14H2,1-2H3. The summed E-state index contributed by atoms with van der Waals surface area (Å²) in [4.78, 5) is 0. The van der Waals surface area contributed by atoms with E-state index in [-0.39, 0.29) is 0 Å². The number of hydrogen-bond acceptors (Lipinski definition) is 4. The normalized spacial score (nSPS) is 15.0. The summed E-state index contributed by atoms with van der Waals surface area (Å²) in [5.41, 5.74) is 3.40. The van der Waals surface area contributed by atoms with Crippen molar-refractivity contribution in [2.24, 2.45) is 0 Å². The van der Waals surface area contributed by atoms with E-state index in [1.807, 2.05) is 41.7 Å². The Balaban J connectivity index is 2.07. The van der Waals surface area contributed by atoms with Gasteiger partial charge in [0.1, 0.15) is 11.5 Å². The SMILES string of the molecule is COC(C(=Cc1ccc(OC)cc1)c1ccccc1)=C1SCCCS1. The van der Waals surface area contributed by atoms with Crippen molar-refractivity contribution in [3.05, 3.63) is 75.7 Å². The third-order valence-electron chi connectivity index (χ3n) is 3.90. The molecule has 2 nitrogen and oxygen atoms in total. The van der Waals surface area contributed by atoms with Crippen molar-refractivity contribution < 1.29 is 9.47 Å². The molecule has 2 aromatic rings. The quantitative estimate of drug-likeness (QED) is 0.480. The van der Waals surface area contributed by atoms with E-state index in [4.69, 9.17) is 9.47 Å². The molecule has 25 heavy (non-hydrogen) atoms. The van der Waals surface area contributed by atoms with E-state index in [9.17, 15) is 0 Å². The summed E-state index contributed by atoms with van der Waals surface area (Å²) in [7, 11) is 3.45. The van der Waals surface area contributed by atoms with Crippen molar-refractivity contribution in [1.82, 2.24) is 0 Å². The summed E-state index contributed by atoms with van der Waals surface area (Å²) < 4.78 is 12.4. The van der Waals surface area contributed by atoms with Crippen LogP contribution in [-0.2, 0) is 4.74 Å². The fourth-order valence-electron chi connectivity index (χ4n) is 2.63. The van der Waals surface area contributed by atoms with Crippen LogP contribution in [0.15, 0.2) is 64.6 Å². The average Bonchev–Trinajstić information content (AvgIpc) is 2.70. The van der Waals surface area contributed by atoms with Gasteiger partial charge in [0.05, 0.1) is 18.5 Å². The van der Waals surface area contributed by atoms with Crippen molar-refractivity contribution >= 4 is 35.2 Å². The molecule has 3 rings (SSSR count). The molecule has 0 aromatic heterocycles. The Kier molecular flexibility index (Phi) is 6.54. The molecule has 1 heterocycles. The van der Waals surface area contributed by atoms with E-state index in [2.05, 4.69) is 42.5 Å². The van der Waals surface area contributed by atoms with Crippen LogP contribution >= 0.6 is 23.5 Å². The van der Waals surface area contributed by atoms with E-state index >= 15 is 0 Å². The monoisotopic (exact) mass is 370 g/mol. The zero-order chi connectivity index (χ0) is 17.5. The molecule has 1 aliphatic rings. The van der Waals surface area contributed by atoms with Gasteiger partial charge in [-0.2, -0.15) is 0 Å². The molecular formula is C21H22O2S2. The Morgan fingerprint density at radius 1 is 0.920 bits per heavy atom. The largest absolute Gasteiger partial charge is 0.497 e. The molecule has 0 radical (unpaired) electrons. The number of hydrogen-bond donors (Lipinski definition) is 0. The Hall–Kier alpha value is -1.78. The van der Waals surface area contributed by atoms with Gasteiger partial charge in [0.2, 0.25) is 0 Å². The second-order valence-corrected chi connectivity index (χ2v) is 8.04. The van der Waals surface area contributed by atoms with Gasteiger partial charge >= 0.3 is 0 Å². The Labute approximate surface area is 158 Å². The lowest BCUT2D eigenvalue weighted by Crippen LogP contribution is -2.00. The summed E-state index contributed by atoms with van der Waals surface area (Å²) in [6.07, 6.45) is 3.44. The lowest BCUT2D eigenvalue weighted by atomic mass is 10.0. The highest BCUT2D eigenvalue weighted by Gasteiger charge is 2.18. The minimum absolute atomic E-state index is 0.863. The molecule has 0 N–H and O–H groups in total. The fourth-order valence-corrected chi connectivity index (χ4v) is 5.24. The first-order valence-corrected chi connectivity index (χ1v) is 10.2. The predicted molar refractivity (Wildman–Crippen MR) is 111 cm³/mol. The first-order valence-electron chi connectivity index (χ1n) is 8.27. The highest BCUT2D eigenvalue weighted by Crippen LogP contribution is 2.42. The van der Waals surface area contributed by atoms with Crippen LogP contribution in [0.5, 0.6) is 5.75 Å². The average molecular weight is 371 g/mol. The molecule has 1 fully saturated rings. The molecule has 4 heteroatoms. The lowest BCUT2D eigenvalue weighted by Gasteiger charge is -2.19. The molecule has 1 aliphatic heterocycles. The van der Waals surface area contributed by atoms with Crippen LogP contribution in [0.2, 0.25) is 0 Å². The molecule has 0 bridgehead atoms. The summed E-state index contributed by atoms with van der Waals surface area (Å²) in [5, 5.41) is 0. The molecule has 1 saturated heterocycles. The third kappa shape index (κ3) is 4.65. The summed E-state index contributed by atoms with van der Waals surface area (Å²) >= 11 is 3.78. The Bertz CT molecular complexity index is 741. The van der Waals surface area contributed by atoms with Crippen LogP contribution in [0.4, 0.5) is 0 Å². The minimum atomic E-state index is 0.863. The molecule has 2 aromatic carbocycles. The van der Waals surface area contributed by atoms with Crippen LogP contribution in [0, 0.1) is 0 Å². The maximum Gasteiger partial charge on any atom is 0.146 e. The van der Waals surface area contributed by atoms with Gasteiger partial charge in [0.25, 0.3) is 0 Å². The van der Waals surface area contributed by atoms with E-state index in [0.717, 1.165) is 39.7 Å². The van der Waals surface area contributed by atoms with Crippen LogP contribution in [0.1, 0.15) is 17.5 Å². The predicted octanol–water partition coefficient (Wildman–Crippen LogP) is 5.92. The molecule has 130 valence electrons. The van der Waals surface area contributed by atoms with Gasteiger partial charge < -0.3 is 9.47 Å². The third-order valence-corrected chi connectivity index (χ3v) is 6.49. The van der Waals surface area contributed by atoms with Gasteiger partial charge in [-0.1, -0.05) is 42.5 Å². The number of methoxy groups -OCH3 is 2. The van der Waals surface area contributed by atoms with Crippen molar-refractivity contribution in [1.29, 1.82) is 0 Å². The second-order valence-electron chi connectivity index (χ2n) is 5.57. The zero-order valence-electron chi connectivity index (χ0n) is 14.5. The number of allylic oxidation sites excluding steroid dienone is 1. The summed E-state index contributed by atoms with van der Waals surface area (Å²) in [6.45, 7) is 0. The molecule has 0 spiro atoms. The van der Waals surface area contributed by atoms with Gasteiger partial charge in [-0.05, 0) is 47.3 Å². The smallest absolute Gasteiger partial charge is 0.146 e. The fraction of sp³-hybridized carbons (Fsp3) is 0.238. The van der Waals surface area contributed by atoms with E-state index in [0.29, 0.717) is 0 Å². The maximum absolute atomic E-state index is 5.87. The van der Waals surface area contributed by atoms with E-state index in [1.165, 1.54) is 10.7 Å². The molecular weight excluding hydrogens is 348 g/mol. The van der Waals surface area contributed by atoms with Crippen LogP contribution in [-0.4, -0.2) is 25.7 Å².